The summed E-state index contributed by atoms with van der Waals surface area (Å²) < 4.78 is 24.2. The number of thioether (sulfide) groups is 1. The largest absolute Gasteiger partial charge is 0.387 e. The quantitative estimate of drug-likeness (QED) is 0.725. The van der Waals surface area contributed by atoms with Crippen molar-refractivity contribution < 1.29 is 24.1 Å². The lowest BCUT2D eigenvalue weighted by Gasteiger charge is -2.47. The van der Waals surface area contributed by atoms with Gasteiger partial charge in [0.05, 0.1) is 13.2 Å². The van der Waals surface area contributed by atoms with Gasteiger partial charge in [0, 0.05) is 10.5 Å². The average molecular weight is 415 g/mol. The fraction of sp³-hybridized carbons (Fsp3) is 0.391. The maximum absolute atomic E-state index is 11.0. The van der Waals surface area contributed by atoms with Gasteiger partial charge in [-0.15, -0.1) is 6.58 Å². The Kier molecular flexibility index (Phi) is 6.70. The first-order valence-electron chi connectivity index (χ1n) is 9.77. The molecule has 0 saturated carbocycles. The zero-order chi connectivity index (χ0) is 20.2. The highest BCUT2D eigenvalue weighted by atomic mass is 32.2. The number of aliphatic hydroxyl groups is 1. The van der Waals surface area contributed by atoms with Gasteiger partial charge in [-0.1, -0.05) is 65.9 Å². The van der Waals surface area contributed by atoms with E-state index in [1.165, 1.54) is 17.3 Å². The van der Waals surface area contributed by atoms with Gasteiger partial charge < -0.3 is 24.1 Å². The molecule has 2 aromatic rings. The molecular formula is C23H26O5S. The molecule has 5 nitrogen and oxygen atoms in total. The van der Waals surface area contributed by atoms with Crippen LogP contribution in [-0.2, 0) is 18.9 Å². The normalized spacial score (nSPS) is 31.8. The fourth-order valence-electron chi connectivity index (χ4n) is 3.56. The van der Waals surface area contributed by atoms with Crippen LogP contribution >= 0.6 is 11.8 Å². The van der Waals surface area contributed by atoms with Gasteiger partial charge in [0.25, 0.3) is 0 Å². The van der Waals surface area contributed by atoms with Gasteiger partial charge in [-0.2, -0.15) is 0 Å². The third kappa shape index (κ3) is 4.74. The summed E-state index contributed by atoms with van der Waals surface area (Å²) in [6.45, 7) is 6.47. The molecule has 0 radical (unpaired) electrons. The van der Waals surface area contributed by atoms with E-state index in [1.807, 2.05) is 61.5 Å². The van der Waals surface area contributed by atoms with Crippen LogP contribution in [0.15, 0.2) is 72.1 Å². The van der Waals surface area contributed by atoms with Crippen LogP contribution in [0.25, 0.3) is 0 Å². The summed E-state index contributed by atoms with van der Waals surface area (Å²) in [5.41, 5.74) is 1.64. The van der Waals surface area contributed by atoms with Gasteiger partial charge in [-0.3, -0.25) is 0 Å². The highest BCUT2D eigenvalue weighted by Gasteiger charge is 2.50. The second-order valence-electron chi connectivity index (χ2n) is 7.23. The molecular weight excluding hydrogens is 388 g/mol. The Bertz CT molecular complexity index is 797. The molecule has 2 fully saturated rings. The number of aryl methyl sites for hydroxylation is 1. The summed E-state index contributed by atoms with van der Waals surface area (Å²) >= 11 is 1.48. The molecule has 0 amide bonds. The SMILES string of the molecule is C=CCO[C@@H]1[C@@H](O)[C@H](Sc2ccc(C)cc2)O[C@@H]2CO[C@@H](c3ccccc3)O[C@H]12. The minimum absolute atomic E-state index is 0.323. The summed E-state index contributed by atoms with van der Waals surface area (Å²) in [5.74, 6) is 0. The van der Waals surface area contributed by atoms with E-state index in [2.05, 4.69) is 6.58 Å². The number of benzene rings is 2. The van der Waals surface area contributed by atoms with Crippen LogP contribution in [-0.4, -0.2) is 48.2 Å². The van der Waals surface area contributed by atoms with Crippen LogP contribution in [0.3, 0.4) is 0 Å². The fourth-order valence-corrected chi connectivity index (χ4v) is 4.61. The maximum atomic E-state index is 11.0. The first kappa shape index (κ1) is 20.6. The predicted octanol–water partition coefficient (Wildman–Crippen LogP) is 3.86. The van der Waals surface area contributed by atoms with E-state index in [-0.39, 0.29) is 6.10 Å². The Labute approximate surface area is 175 Å². The van der Waals surface area contributed by atoms with Gasteiger partial charge in [0.2, 0.25) is 0 Å². The molecule has 0 aliphatic carbocycles. The maximum Gasteiger partial charge on any atom is 0.184 e. The third-order valence-corrected chi connectivity index (χ3v) is 6.23. The molecule has 0 aromatic heterocycles. The molecule has 4 rings (SSSR count). The van der Waals surface area contributed by atoms with E-state index in [4.69, 9.17) is 18.9 Å². The van der Waals surface area contributed by atoms with Crippen molar-refractivity contribution in [3.05, 3.63) is 78.4 Å². The van der Waals surface area contributed by atoms with E-state index in [0.717, 1.165) is 10.5 Å². The molecule has 29 heavy (non-hydrogen) atoms. The Balaban J connectivity index is 1.51. The minimum atomic E-state index is -0.850. The van der Waals surface area contributed by atoms with Gasteiger partial charge in [0.15, 0.2) is 6.29 Å². The van der Waals surface area contributed by atoms with E-state index in [1.54, 1.807) is 6.08 Å². The van der Waals surface area contributed by atoms with Crippen molar-refractivity contribution in [2.24, 2.45) is 0 Å². The lowest BCUT2D eigenvalue weighted by atomic mass is 9.98. The van der Waals surface area contributed by atoms with Crippen LogP contribution in [0.4, 0.5) is 0 Å². The molecule has 2 heterocycles. The first-order chi connectivity index (χ1) is 14.2. The molecule has 2 aromatic carbocycles. The van der Waals surface area contributed by atoms with Crippen molar-refractivity contribution in [1.82, 2.24) is 0 Å². The molecule has 0 spiro atoms. The number of rotatable bonds is 6. The Morgan fingerprint density at radius 1 is 1.14 bits per heavy atom. The van der Waals surface area contributed by atoms with Crippen LogP contribution in [0, 0.1) is 6.92 Å². The summed E-state index contributed by atoms with van der Waals surface area (Å²) in [6.07, 6.45) is -0.978. The van der Waals surface area contributed by atoms with E-state index in [0.29, 0.717) is 13.2 Å². The molecule has 1 N–H and O–H groups in total. The number of fused-ring (bicyclic) bond motifs is 1. The Hall–Kier alpha value is -1.67. The van der Waals surface area contributed by atoms with Gasteiger partial charge in [-0.25, -0.2) is 0 Å². The van der Waals surface area contributed by atoms with Gasteiger partial charge in [-0.05, 0) is 19.1 Å². The highest BCUT2D eigenvalue weighted by molar-refractivity contribution is 7.99. The summed E-state index contributed by atoms with van der Waals surface area (Å²) in [6, 6.07) is 17.9. The molecule has 2 saturated heterocycles. The second-order valence-corrected chi connectivity index (χ2v) is 8.40. The van der Waals surface area contributed by atoms with Crippen molar-refractivity contribution in [3.63, 3.8) is 0 Å². The minimum Gasteiger partial charge on any atom is -0.387 e. The molecule has 6 atom stereocenters. The van der Waals surface area contributed by atoms with Crippen molar-refractivity contribution in [2.75, 3.05) is 13.2 Å². The number of ether oxygens (including phenoxy) is 4. The Morgan fingerprint density at radius 3 is 2.62 bits per heavy atom. The van der Waals surface area contributed by atoms with Crippen molar-refractivity contribution in [1.29, 1.82) is 0 Å². The van der Waals surface area contributed by atoms with E-state index in [9.17, 15) is 5.11 Å². The van der Waals surface area contributed by atoms with E-state index >= 15 is 0 Å². The monoisotopic (exact) mass is 414 g/mol. The number of aliphatic hydroxyl groups excluding tert-OH is 1. The molecule has 154 valence electrons. The predicted molar refractivity (Wildman–Crippen MR) is 112 cm³/mol. The van der Waals surface area contributed by atoms with Crippen molar-refractivity contribution in [3.8, 4) is 0 Å². The smallest absolute Gasteiger partial charge is 0.184 e. The third-order valence-electron chi connectivity index (χ3n) is 5.06. The molecule has 0 bridgehead atoms. The molecule has 0 unspecified atom stereocenters. The molecule has 6 heteroatoms. The number of hydrogen-bond acceptors (Lipinski definition) is 6. The average Bonchev–Trinajstić information content (AvgIpc) is 2.76. The number of hydrogen-bond donors (Lipinski definition) is 1. The first-order valence-corrected chi connectivity index (χ1v) is 10.6. The lowest BCUT2D eigenvalue weighted by Crippen LogP contribution is -2.61. The van der Waals surface area contributed by atoms with Gasteiger partial charge >= 0.3 is 0 Å². The van der Waals surface area contributed by atoms with Crippen LogP contribution in [0.2, 0.25) is 0 Å². The van der Waals surface area contributed by atoms with Crippen LogP contribution in [0.1, 0.15) is 17.4 Å². The summed E-state index contributed by atoms with van der Waals surface area (Å²) in [4.78, 5) is 1.03. The zero-order valence-electron chi connectivity index (χ0n) is 16.3. The summed E-state index contributed by atoms with van der Waals surface area (Å²) in [7, 11) is 0. The lowest BCUT2D eigenvalue weighted by molar-refractivity contribution is -0.322. The topological polar surface area (TPSA) is 57.2 Å². The van der Waals surface area contributed by atoms with Crippen LogP contribution < -0.4 is 0 Å². The summed E-state index contributed by atoms with van der Waals surface area (Å²) in [5, 5.41) is 11.0. The van der Waals surface area contributed by atoms with Gasteiger partial charge in [0.1, 0.15) is 29.9 Å². The second kappa shape index (κ2) is 9.43. The zero-order valence-corrected chi connectivity index (χ0v) is 17.2. The van der Waals surface area contributed by atoms with Crippen LogP contribution in [0.5, 0.6) is 0 Å². The standard InChI is InChI=1S/C23H26O5S/c1-3-13-25-21-19(24)23(29-17-11-9-15(2)10-12-17)27-18-14-26-22(28-20(18)21)16-7-5-4-6-8-16/h3-12,18-24H,1,13-14H2,2H3/t18-,19-,20+,21-,22-,23+/m1/s1. The molecule has 2 aliphatic heterocycles. The molecule has 2 aliphatic rings. The van der Waals surface area contributed by atoms with Crippen molar-refractivity contribution >= 4 is 11.8 Å². The highest BCUT2D eigenvalue weighted by Crippen LogP contribution is 2.39. The van der Waals surface area contributed by atoms with Crippen molar-refractivity contribution in [2.45, 2.75) is 48.0 Å². The Morgan fingerprint density at radius 2 is 1.90 bits per heavy atom. The van der Waals surface area contributed by atoms with E-state index < -0.39 is 30.0 Å².